The lowest BCUT2D eigenvalue weighted by Gasteiger charge is -1.92. The Hall–Kier alpha value is -0.790. The van der Waals surface area contributed by atoms with Crippen LogP contribution in [-0.2, 0) is 4.84 Å². The van der Waals surface area contributed by atoms with E-state index in [1.165, 1.54) is 0 Å². The summed E-state index contributed by atoms with van der Waals surface area (Å²) in [7, 11) is 0. The third-order valence-corrected chi connectivity index (χ3v) is 0.402. The van der Waals surface area contributed by atoms with Crippen LogP contribution < -0.4 is 0 Å². The SMILES string of the molecule is C=NOCC(=C)C. The normalized spacial score (nSPS) is 7.57. The van der Waals surface area contributed by atoms with Crippen LogP contribution in [0.2, 0.25) is 0 Å². The van der Waals surface area contributed by atoms with Gasteiger partial charge < -0.3 is 4.84 Å². The molecule has 0 unspecified atom stereocenters. The summed E-state index contributed by atoms with van der Waals surface area (Å²) in [6, 6.07) is 0. The highest BCUT2D eigenvalue weighted by Gasteiger charge is 1.78. The summed E-state index contributed by atoms with van der Waals surface area (Å²) in [5.41, 5.74) is 0.951. The molecule has 0 aliphatic carbocycles. The molecule has 0 aromatic rings. The van der Waals surface area contributed by atoms with E-state index in [4.69, 9.17) is 0 Å². The predicted octanol–water partition coefficient (Wildman–Crippen LogP) is 1.19. The molecule has 7 heavy (non-hydrogen) atoms. The van der Waals surface area contributed by atoms with E-state index in [2.05, 4.69) is 23.3 Å². The van der Waals surface area contributed by atoms with Gasteiger partial charge in [-0.05, 0) is 12.5 Å². The van der Waals surface area contributed by atoms with E-state index in [1.807, 2.05) is 6.92 Å². The summed E-state index contributed by atoms with van der Waals surface area (Å²) in [4.78, 5) is 4.51. The number of rotatable bonds is 3. The zero-order valence-electron chi connectivity index (χ0n) is 4.48. The molecule has 0 spiro atoms. The van der Waals surface area contributed by atoms with Gasteiger partial charge in [0.2, 0.25) is 0 Å². The van der Waals surface area contributed by atoms with Crippen molar-refractivity contribution in [2.75, 3.05) is 6.61 Å². The first-order valence-corrected chi connectivity index (χ1v) is 1.99. The van der Waals surface area contributed by atoms with Gasteiger partial charge in [-0.25, -0.2) is 0 Å². The Labute approximate surface area is 43.5 Å². The number of hydrogen-bond donors (Lipinski definition) is 0. The molecule has 0 heterocycles. The van der Waals surface area contributed by atoms with Gasteiger partial charge in [0.05, 0.1) is 0 Å². The molecule has 2 heteroatoms. The molecule has 0 atom stereocenters. The first kappa shape index (κ1) is 6.21. The van der Waals surface area contributed by atoms with Crippen LogP contribution in [0.5, 0.6) is 0 Å². The van der Waals surface area contributed by atoms with E-state index in [0.717, 1.165) is 5.57 Å². The maximum Gasteiger partial charge on any atom is 0.137 e. The van der Waals surface area contributed by atoms with Crippen LogP contribution in [0.1, 0.15) is 6.92 Å². The summed E-state index contributed by atoms with van der Waals surface area (Å²) < 4.78 is 0. The second kappa shape index (κ2) is 3.40. The van der Waals surface area contributed by atoms with Crippen molar-refractivity contribution in [1.29, 1.82) is 0 Å². The van der Waals surface area contributed by atoms with Crippen LogP contribution in [0.25, 0.3) is 0 Å². The molecule has 0 N–H and O–H groups in total. The lowest BCUT2D eigenvalue weighted by Crippen LogP contribution is -1.84. The lowest BCUT2D eigenvalue weighted by molar-refractivity contribution is 0.171. The zero-order valence-corrected chi connectivity index (χ0v) is 4.48. The van der Waals surface area contributed by atoms with Gasteiger partial charge in [-0.15, -0.1) is 5.16 Å². The maximum atomic E-state index is 4.51. The van der Waals surface area contributed by atoms with Crippen molar-refractivity contribution in [2.24, 2.45) is 5.16 Å². The Morgan fingerprint density at radius 3 is 2.57 bits per heavy atom. The smallest absolute Gasteiger partial charge is 0.137 e. The summed E-state index contributed by atoms with van der Waals surface area (Å²) in [6.45, 7) is 9.04. The molecule has 0 saturated carbocycles. The molecule has 0 aromatic heterocycles. The van der Waals surface area contributed by atoms with Crippen LogP contribution in [0.4, 0.5) is 0 Å². The number of nitrogens with zero attached hydrogens (tertiary/aromatic N) is 1. The minimum absolute atomic E-state index is 0.476. The van der Waals surface area contributed by atoms with E-state index < -0.39 is 0 Å². The predicted molar refractivity (Wildman–Crippen MR) is 30.3 cm³/mol. The van der Waals surface area contributed by atoms with Gasteiger partial charge >= 0.3 is 0 Å². The molecular formula is C5H9NO. The van der Waals surface area contributed by atoms with Crippen molar-refractivity contribution in [2.45, 2.75) is 6.92 Å². The van der Waals surface area contributed by atoms with E-state index >= 15 is 0 Å². The van der Waals surface area contributed by atoms with Gasteiger partial charge in [0, 0.05) is 6.72 Å². The summed E-state index contributed by atoms with van der Waals surface area (Å²) in [5, 5.41) is 3.16. The standard InChI is InChI=1S/C5H9NO/c1-5(2)4-7-6-3/h1,3-4H2,2H3. The Morgan fingerprint density at radius 2 is 2.43 bits per heavy atom. The van der Waals surface area contributed by atoms with Crippen LogP contribution >= 0.6 is 0 Å². The Kier molecular flexibility index (Phi) is 3.02. The summed E-state index contributed by atoms with van der Waals surface area (Å²) in [6.07, 6.45) is 0. The Balaban J connectivity index is 2.97. The van der Waals surface area contributed by atoms with Gasteiger partial charge in [0.25, 0.3) is 0 Å². The van der Waals surface area contributed by atoms with Gasteiger partial charge in [0.1, 0.15) is 6.61 Å². The minimum Gasteiger partial charge on any atom is -0.392 e. The first-order valence-electron chi connectivity index (χ1n) is 1.99. The van der Waals surface area contributed by atoms with Gasteiger partial charge in [0.15, 0.2) is 0 Å². The van der Waals surface area contributed by atoms with Gasteiger partial charge in [-0.2, -0.15) is 0 Å². The molecule has 0 amide bonds. The minimum atomic E-state index is 0.476. The molecule has 0 saturated heterocycles. The quantitative estimate of drug-likeness (QED) is 0.296. The van der Waals surface area contributed by atoms with E-state index in [9.17, 15) is 0 Å². The third-order valence-electron chi connectivity index (χ3n) is 0.402. The average molecular weight is 99.1 g/mol. The number of hydrogen-bond acceptors (Lipinski definition) is 2. The monoisotopic (exact) mass is 99.1 g/mol. The van der Waals surface area contributed by atoms with Crippen molar-refractivity contribution in [1.82, 2.24) is 0 Å². The van der Waals surface area contributed by atoms with Crippen molar-refractivity contribution in [3.8, 4) is 0 Å². The van der Waals surface area contributed by atoms with Crippen LogP contribution in [0.15, 0.2) is 17.3 Å². The highest BCUT2D eigenvalue weighted by atomic mass is 16.6. The Morgan fingerprint density at radius 1 is 1.86 bits per heavy atom. The van der Waals surface area contributed by atoms with Crippen molar-refractivity contribution in [3.63, 3.8) is 0 Å². The van der Waals surface area contributed by atoms with Gasteiger partial charge in [-0.3, -0.25) is 0 Å². The molecular weight excluding hydrogens is 90.1 g/mol. The number of oxime groups is 1. The van der Waals surface area contributed by atoms with Crippen molar-refractivity contribution >= 4 is 6.72 Å². The zero-order chi connectivity index (χ0) is 5.70. The summed E-state index contributed by atoms with van der Waals surface area (Å²) in [5.74, 6) is 0. The van der Waals surface area contributed by atoms with E-state index in [1.54, 1.807) is 0 Å². The second-order valence-corrected chi connectivity index (χ2v) is 1.36. The van der Waals surface area contributed by atoms with E-state index in [0.29, 0.717) is 6.61 Å². The molecule has 0 radical (unpaired) electrons. The molecule has 0 fully saturated rings. The fourth-order valence-electron chi connectivity index (χ4n) is 0.156. The van der Waals surface area contributed by atoms with Crippen LogP contribution in [0, 0.1) is 0 Å². The molecule has 0 aliphatic heterocycles. The fourth-order valence-corrected chi connectivity index (χ4v) is 0.156. The molecule has 40 valence electrons. The second-order valence-electron chi connectivity index (χ2n) is 1.36. The summed E-state index contributed by atoms with van der Waals surface area (Å²) >= 11 is 0. The first-order chi connectivity index (χ1) is 3.27. The molecule has 0 rings (SSSR count). The van der Waals surface area contributed by atoms with Crippen molar-refractivity contribution < 1.29 is 4.84 Å². The fraction of sp³-hybridized carbons (Fsp3) is 0.400. The van der Waals surface area contributed by atoms with Crippen LogP contribution in [0.3, 0.4) is 0 Å². The lowest BCUT2D eigenvalue weighted by atomic mass is 10.4. The molecule has 0 bridgehead atoms. The Bertz CT molecular complexity index is 78.1. The third kappa shape index (κ3) is 5.21. The largest absolute Gasteiger partial charge is 0.392 e. The highest BCUT2D eigenvalue weighted by molar-refractivity contribution is 5.21. The van der Waals surface area contributed by atoms with Crippen LogP contribution in [-0.4, -0.2) is 13.3 Å². The molecule has 2 nitrogen and oxygen atoms in total. The molecule has 0 aromatic carbocycles. The maximum absolute atomic E-state index is 4.51. The van der Waals surface area contributed by atoms with E-state index in [-0.39, 0.29) is 0 Å². The van der Waals surface area contributed by atoms with Gasteiger partial charge in [-0.1, -0.05) is 6.58 Å². The average Bonchev–Trinajstić information content (AvgIpc) is 1.61. The topological polar surface area (TPSA) is 21.6 Å². The molecule has 0 aliphatic rings. The van der Waals surface area contributed by atoms with Crippen molar-refractivity contribution in [3.05, 3.63) is 12.2 Å². The highest BCUT2D eigenvalue weighted by Crippen LogP contribution is 1.85.